The van der Waals surface area contributed by atoms with E-state index >= 15 is 0 Å². The van der Waals surface area contributed by atoms with E-state index in [0.29, 0.717) is 19.0 Å². The molecule has 5 nitrogen and oxygen atoms in total. The Morgan fingerprint density at radius 3 is 2.88 bits per heavy atom. The van der Waals surface area contributed by atoms with Crippen molar-refractivity contribution >= 4 is 29.0 Å². The van der Waals surface area contributed by atoms with Crippen molar-refractivity contribution in [2.45, 2.75) is 25.6 Å². The van der Waals surface area contributed by atoms with Crippen LogP contribution in [0.4, 0.5) is 13.2 Å². The molecule has 25 heavy (non-hydrogen) atoms. The van der Waals surface area contributed by atoms with Crippen molar-refractivity contribution in [2.75, 3.05) is 18.1 Å². The van der Waals surface area contributed by atoms with Gasteiger partial charge in [0.15, 0.2) is 5.69 Å². The average molecular weight is 390 g/mol. The lowest BCUT2D eigenvalue weighted by Crippen LogP contribution is -2.32. The number of thiazole rings is 1. The van der Waals surface area contributed by atoms with Gasteiger partial charge in [-0.05, 0) is 30.3 Å². The molecule has 1 fully saturated rings. The zero-order valence-corrected chi connectivity index (χ0v) is 14.9. The van der Waals surface area contributed by atoms with Crippen LogP contribution in [0.25, 0.3) is 0 Å². The van der Waals surface area contributed by atoms with Gasteiger partial charge in [0.1, 0.15) is 5.69 Å². The van der Waals surface area contributed by atoms with Gasteiger partial charge < -0.3 is 4.90 Å². The van der Waals surface area contributed by atoms with E-state index in [4.69, 9.17) is 0 Å². The topological polar surface area (TPSA) is 61.9 Å². The number of H-pyrrole nitrogens is 1. The first kappa shape index (κ1) is 18.2. The Kier molecular flexibility index (Phi) is 5.67. The fourth-order valence-corrected chi connectivity index (χ4v) is 4.59. The molecule has 0 saturated carbocycles. The van der Waals surface area contributed by atoms with Crippen LogP contribution < -0.4 is 0 Å². The van der Waals surface area contributed by atoms with Gasteiger partial charge in [0.05, 0.1) is 12.1 Å². The number of halogens is 3. The van der Waals surface area contributed by atoms with E-state index in [-0.39, 0.29) is 5.69 Å². The van der Waals surface area contributed by atoms with Crippen molar-refractivity contribution in [3.63, 3.8) is 0 Å². The first-order valence-electron chi connectivity index (χ1n) is 7.80. The molecule has 1 amide bonds. The number of aromatic amines is 1. The van der Waals surface area contributed by atoms with Gasteiger partial charge in [-0.3, -0.25) is 14.9 Å². The van der Waals surface area contributed by atoms with Crippen LogP contribution in [-0.2, 0) is 12.7 Å². The fourth-order valence-electron chi connectivity index (χ4n) is 2.65. The van der Waals surface area contributed by atoms with E-state index in [0.717, 1.165) is 35.3 Å². The second-order valence-electron chi connectivity index (χ2n) is 5.88. The third-order valence-corrected chi connectivity index (χ3v) is 6.05. The molecule has 0 bridgehead atoms. The van der Waals surface area contributed by atoms with Crippen molar-refractivity contribution in [3.05, 3.63) is 34.0 Å². The van der Waals surface area contributed by atoms with Gasteiger partial charge >= 0.3 is 6.18 Å². The molecule has 0 spiro atoms. The maximum absolute atomic E-state index is 12.7. The number of nitrogens with zero attached hydrogens (tertiary/aromatic N) is 3. The third kappa shape index (κ3) is 4.75. The normalized spacial score (nSPS) is 17.8. The Balaban J connectivity index is 1.72. The van der Waals surface area contributed by atoms with Gasteiger partial charge in [-0.1, -0.05) is 0 Å². The minimum absolute atomic E-state index is 0.211. The van der Waals surface area contributed by atoms with Crippen molar-refractivity contribution in [2.24, 2.45) is 5.92 Å². The van der Waals surface area contributed by atoms with Crippen molar-refractivity contribution in [3.8, 4) is 0 Å². The van der Waals surface area contributed by atoms with Gasteiger partial charge in [0, 0.05) is 23.7 Å². The lowest BCUT2D eigenvalue weighted by molar-refractivity contribution is -0.141. The first-order chi connectivity index (χ1) is 11.9. The summed E-state index contributed by atoms with van der Waals surface area (Å²) in [6.07, 6.45) is -0.918. The molecule has 136 valence electrons. The van der Waals surface area contributed by atoms with Gasteiger partial charge in [-0.2, -0.15) is 30.0 Å². The number of nitrogens with one attached hydrogen (secondary N) is 1. The smallest absolute Gasteiger partial charge is 0.332 e. The predicted molar refractivity (Wildman–Crippen MR) is 90.5 cm³/mol. The molecule has 0 aromatic carbocycles. The summed E-state index contributed by atoms with van der Waals surface area (Å²) in [5.41, 5.74) is 0.445. The summed E-state index contributed by atoms with van der Waals surface area (Å²) in [6, 6.07) is 0.771. The average Bonchev–Trinajstić information content (AvgIpc) is 3.32. The molecule has 1 N–H and O–H groups in total. The van der Waals surface area contributed by atoms with Gasteiger partial charge in [0.25, 0.3) is 5.91 Å². The van der Waals surface area contributed by atoms with E-state index in [9.17, 15) is 18.0 Å². The largest absolute Gasteiger partial charge is 0.432 e. The van der Waals surface area contributed by atoms with E-state index < -0.39 is 17.8 Å². The quantitative estimate of drug-likeness (QED) is 0.818. The van der Waals surface area contributed by atoms with Gasteiger partial charge in [-0.15, -0.1) is 11.3 Å². The molecule has 2 aromatic heterocycles. The lowest BCUT2D eigenvalue weighted by atomic mass is 10.0. The molecule has 2 aromatic rings. The van der Waals surface area contributed by atoms with E-state index in [1.165, 1.54) is 11.3 Å². The van der Waals surface area contributed by atoms with Gasteiger partial charge in [0.2, 0.25) is 0 Å². The maximum atomic E-state index is 12.7. The van der Waals surface area contributed by atoms with Crippen LogP contribution in [0.5, 0.6) is 0 Å². The monoisotopic (exact) mass is 390 g/mol. The molecule has 3 rings (SSSR count). The number of hydrogen-bond donors (Lipinski definition) is 1. The first-order valence-corrected chi connectivity index (χ1v) is 9.84. The van der Waals surface area contributed by atoms with Crippen LogP contribution in [0.3, 0.4) is 0 Å². The summed E-state index contributed by atoms with van der Waals surface area (Å²) in [5, 5.41) is 5.46. The number of rotatable bonds is 6. The van der Waals surface area contributed by atoms with Crippen LogP contribution in [0, 0.1) is 5.92 Å². The maximum Gasteiger partial charge on any atom is 0.432 e. The summed E-state index contributed by atoms with van der Waals surface area (Å²) in [7, 11) is 0. The Morgan fingerprint density at radius 2 is 2.28 bits per heavy atom. The van der Waals surface area contributed by atoms with E-state index in [2.05, 4.69) is 10.1 Å². The molecule has 0 aliphatic carbocycles. The van der Waals surface area contributed by atoms with Crippen molar-refractivity contribution in [1.82, 2.24) is 20.1 Å². The number of aromatic nitrogens is 3. The van der Waals surface area contributed by atoms with Crippen LogP contribution in [0.2, 0.25) is 0 Å². The van der Waals surface area contributed by atoms with Crippen LogP contribution in [0.15, 0.2) is 17.8 Å². The number of alkyl halides is 3. The van der Waals surface area contributed by atoms with Crippen molar-refractivity contribution < 1.29 is 18.0 Å². The zero-order chi connectivity index (χ0) is 17.9. The van der Waals surface area contributed by atoms with Crippen LogP contribution in [-0.4, -0.2) is 44.0 Å². The summed E-state index contributed by atoms with van der Waals surface area (Å²) >= 11 is 3.31. The Morgan fingerprint density at radius 1 is 1.44 bits per heavy atom. The molecule has 1 saturated heterocycles. The van der Waals surface area contributed by atoms with Crippen LogP contribution >= 0.6 is 23.1 Å². The molecule has 1 aliphatic heterocycles. The summed E-state index contributed by atoms with van der Waals surface area (Å²) in [5.74, 6) is 2.25. The second kappa shape index (κ2) is 7.77. The minimum atomic E-state index is -4.55. The Hall–Kier alpha value is -1.55. The number of thioether (sulfide) groups is 1. The molecular formula is C15H17F3N4OS2. The molecule has 1 atom stereocenters. The van der Waals surface area contributed by atoms with Crippen LogP contribution in [0.1, 0.15) is 33.9 Å². The number of carbonyl (C=O) groups excluding carboxylic acids is 1. The Labute approximate surface area is 151 Å². The number of amides is 1. The van der Waals surface area contributed by atoms with E-state index in [1.807, 2.05) is 16.9 Å². The lowest BCUT2D eigenvalue weighted by Gasteiger charge is -2.22. The molecule has 1 aliphatic rings. The summed E-state index contributed by atoms with van der Waals surface area (Å²) < 4.78 is 38.2. The Bertz CT molecular complexity index is 696. The zero-order valence-electron chi connectivity index (χ0n) is 13.3. The number of carbonyl (C=O) groups is 1. The highest BCUT2D eigenvalue weighted by Crippen LogP contribution is 2.29. The molecule has 3 heterocycles. The molecule has 1 unspecified atom stereocenters. The fraction of sp³-hybridized carbons (Fsp3) is 0.533. The summed E-state index contributed by atoms with van der Waals surface area (Å²) in [4.78, 5) is 19.1. The van der Waals surface area contributed by atoms with E-state index in [1.54, 1.807) is 16.6 Å². The highest BCUT2D eigenvalue weighted by Gasteiger charge is 2.34. The second-order valence-corrected chi connectivity index (χ2v) is 8.00. The number of hydrogen-bond acceptors (Lipinski definition) is 5. The van der Waals surface area contributed by atoms with Gasteiger partial charge in [-0.25, -0.2) is 0 Å². The highest BCUT2D eigenvalue weighted by atomic mass is 32.2. The standard InChI is InChI=1S/C15H17F3N4OS2/c16-15(17,18)13-5-12(20-21-13)14(23)22(7-11-6-19-9-25-11)3-1-10-2-4-24-8-10/h5-6,9-10H,1-4,7-8H2,(H,20,21). The third-order valence-electron chi connectivity index (χ3n) is 4.05. The minimum Gasteiger partial charge on any atom is -0.332 e. The highest BCUT2D eigenvalue weighted by molar-refractivity contribution is 7.99. The molecule has 0 radical (unpaired) electrons. The SMILES string of the molecule is O=C(c1cc(C(F)(F)F)[nH]n1)N(CCC1CCSC1)Cc1cncs1. The van der Waals surface area contributed by atoms with Crippen molar-refractivity contribution in [1.29, 1.82) is 0 Å². The molecule has 10 heteroatoms. The molecular weight excluding hydrogens is 373 g/mol. The summed E-state index contributed by atoms with van der Waals surface area (Å²) in [6.45, 7) is 0.827. The predicted octanol–water partition coefficient (Wildman–Crippen LogP) is 3.67.